The van der Waals surface area contributed by atoms with Crippen LogP contribution in [0.25, 0.3) is 11.1 Å². The fourth-order valence-corrected chi connectivity index (χ4v) is 5.98. The second-order valence-electron chi connectivity index (χ2n) is 13.0. The van der Waals surface area contributed by atoms with Gasteiger partial charge in [-0.2, -0.15) is 0 Å². The summed E-state index contributed by atoms with van der Waals surface area (Å²) >= 11 is 0. The largest absolute Gasteiger partial charge is 0.465 e. The van der Waals surface area contributed by atoms with E-state index in [1.807, 2.05) is 54.6 Å². The lowest BCUT2D eigenvalue weighted by atomic mass is 9.73. The standard InChI is InChI=1S/C35H44N2O3/c1-34(2,3)31(37(33(39)40)30-18-21-35(4,5)22-19-30)27-16-14-26(15-17-27)28-12-9-13-29(24-28)32(38)36-23-20-25-10-7-6-8-11-25/h6-17,24,30-31H,18-23H2,1-5H3,(H,36,38)(H,39,40). The minimum Gasteiger partial charge on any atom is -0.465 e. The van der Waals surface area contributed by atoms with Gasteiger partial charge >= 0.3 is 6.09 Å². The summed E-state index contributed by atoms with van der Waals surface area (Å²) in [7, 11) is 0. The van der Waals surface area contributed by atoms with Crippen LogP contribution in [0, 0.1) is 10.8 Å². The third kappa shape index (κ3) is 7.32. The smallest absolute Gasteiger partial charge is 0.408 e. The molecule has 1 atom stereocenters. The predicted molar refractivity (Wildman–Crippen MR) is 162 cm³/mol. The van der Waals surface area contributed by atoms with Gasteiger partial charge in [0.2, 0.25) is 0 Å². The molecule has 2 N–H and O–H groups in total. The summed E-state index contributed by atoms with van der Waals surface area (Å²) < 4.78 is 0. The van der Waals surface area contributed by atoms with Crippen molar-refractivity contribution in [2.24, 2.45) is 10.8 Å². The summed E-state index contributed by atoms with van der Waals surface area (Å²) in [5, 5.41) is 13.4. The Bertz CT molecular complexity index is 1280. The quantitative estimate of drug-likeness (QED) is 0.302. The molecule has 5 heteroatoms. The van der Waals surface area contributed by atoms with Gasteiger partial charge in [0.25, 0.3) is 5.91 Å². The molecule has 0 spiro atoms. The topological polar surface area (TPSA) is 69.6 Å². The molecule has 1 aliphatic carbocycles. The van der Waals surface area contributed by atoms with Gasteiger partial charge in [0.1, 0.15) is 0 Å². The van der Waals surface area contributed by atoms with Crippen molar-refractivity contribution < 1.29 is 14.7 Å². The van der Waals surface area contributed by atoms with E-state index in [2.05, 4.69) is 64.2 Å². The van der Waals surface area contributed by atoms with Crippen molar-refractivity contribution in [3.05, 3.63) is 95.6 Å². The van der Waals surface area contributed by atoms with Gasteiger partial charge in [-0.05, 0) is 77.3 Å². The number of hydrogen-bond donors (Lipinski definition) is 2. The number of nitrogens with one attached hydrogen (secondary N) is 1. The Morgan fingerprint density at radius 2 is 1.57 bits per heavy atom. The third-order valence-corrected chi connectivity index (χ3v) is 8.25. The lowest BCUT2D eigenvalue weighted by molar-refractivity contribution is 0.0279. The fraction of sp³-hybridized carbons (Fsp3) is 0.429. The maximum atomic E-state index is 12.8. The molecule has 5 nitrogen and oxygen atoms in total. The zero-order valence-electron chi connectivity index (χ0n) is 24.6. The molecule has 1 saturated carbocycles. The minimum atomic E-state index is -0.848. The summed E-state index contributed by atoms with van der Waals surface area (Å²) in [6.45, 7) is 11.5. The van der Waals surface area contributed by atoms with Crippen molar-refractivity contribution in [2.75, 3.05) is 6.54 Å². The number of carbonyl (C=O) groups is 2. The van der Waals surface area contributed by atoms with Gasteiger partial charge in [-0.3, -0.25) is 9.69 Å². The van der Waals surface area contributed by atoms with Gasteiger partial charge in [-0.1, -0.05) is 101 Å². The molecule has 0 bridgehead atoms. The van der Waals surface area contributed by atoms with Gasteiger partial charge < -0.3 is 10.4 Å². The van der Waals surface area contributed by atoms with Crippen LogP contribution in [0.3, 0.4) is 0 Å². The van der Waals surface area contributed by atoms with Gasteiger partial charge in [0.15, 0.2) is 0 Å². The first-order chi connectivity index (χ1) is 18.9. The van der Waals surface area contributed by atoms with E-state index in [1.165, 1.54) is 5.56 Å². The van der Waals surface area contributed by atoms with Gasteiger partial charge in [-0.25, -0.2) is 4.79 Å². The summed E-state index contributed by atoms with van der Waals surface area (Å²) in [6, 6.07) is 25.8. The molecule has 1 unspecified atom stereocenters. The Morgan fingerprint density at radius 1 is 0.925 bits per heavy atom. The number of amides is 2. The highest BCUT2D eigenvalue weighted by Gasteiger charge is 2.41. The molecule has 0 heterocycles. The van der Waals surface area contributed by atoms with Crippen LogP contribution in [0.4, 0.5) is 4.79 Å². The molecule has 212 valence electrons. The number of rotatable bonds is 8. The zero-order valence-corrected chi connectivity index (χ0v) is 24.6. The number of nitrogens with zero attached hydrogens (tertiary/aromatic N) is 1. The average Bonchev–Trinajstić information content (AvgIpc) is 2.92. The van der Waals surface area contributed by atoms with Crippen LogP contribution in [0.15, 0.2) is 78.9 Å². The molecule has 0 saturated heterocycles. The molecule has 40 heavy (non-hydrogen) atoms. The molecular formula is C35H44N2O3. The summed E-state index contributed by atoms with van der Waals surface area (Å²) in [6.07, 6.45) is 3.80. The molecule has 0 aliphatic heterocycles. The van der Waals surface area contributed by atoms with Crippen LogP contribution < -0.4 is 5.32 Å². The zero-order chi connectivity index (χ0) is 28.9. The number of carboxylic acid groups (broad SMARTS) is 1. The number of benzene rings is 3. The van der Waals surface area contributed by atoms with Gasteiger partial charge in [-0.15, -0.1) is 0 Å². The van der Waals surface area contributed by atoms with E-state index in [-0.39, 0.29) is 28.8 Å². The van der Waals surface area contributed by atoms with Crippen LogP contribution >= 0.6 is 0 Å². The fourth-order valence-electron chi connectivity index (χ4n) is 5.98. The van der Waals surface area contributed by atoms with Gasteiger partial charge in [0, 0.05) is 18.2 Å². The molecule has 3 aromatic carbocycles. The molecule has 1 aliphatic rings. The van der Waals surface area contributed by atoms with Crippen LogP contribution in [-0.2, 0) is 6.42 Å². The Hall–Kier alpha value is -3.60. The van der Waals surface area contributed by atoms with Crippen LogP contribution in [0.1, 0.15) is 87.8 Å². The Kier molecular flexibility index (Phi) is 9.02. The van der Waals surface area contributed by atoms with Crippen molar-refractivity contribution >= 4 is 12.0 Å². The van der Waals surface area contributed by atoms with E-state index in [0.29, 0.717) is 12.1 Å². The van der Waals surface area contributed by atoms with Crippen molar-refractivity contribution in [1.29, 1.82) is 0 Å². The van der Waals surface area contributed by atoms with Crippen LogP contribution in [0.2, 0.25) is 0 Å². The minimum absolute atomic E-state index is 0.0199. The first-order valence-electron chi connectivity index (χ1n) is 14.5. The molecule has 3 aromatic rings. The van der Waals surface area contributed by atoms with Crippen molar-refractivity contribution in [2.45, 2.75) is 78.8 Å². The summed E-state index contributed by atoms with van der Waals surface area (Å²) in [5.74, 6) is -0.0880. The van der Waals surface area contributed by atoms with Crippen molar-refractivity contribution in [3.8, 4) is 11.1 Å². The average molecular weight is 541 g/mol. The van der Waals surface area contributed by atoms with E-state index in [9.17, 15) is 14.7 Å². The maximum absolute atomic E-state index is 12.8. The SMILES string of the molecule is CC1(C)CCC(N(C(=O)O)C(c2ccc(-c3cccc(C(=O)NCCc4ccccc4)c3)cc2)C(C)(C)C)CC1. The first kappa shape index (κ1) is 29.4. The summed E-state index contributed by atoms with van der Waals surface area (Å²) in [5.41, 5.74) is 4.77. The van der Waals surface area contributed by atoms with Crippen molar-refractivity contribution in [1.82, 2.24) is 10.2 Å². The second kappa shape index (κ2) is 12.3. The molecular weight excluding hydrogens is 496 g/mol. The maximum Gasteiger partial charge on any atom is 0.408 e. The molecule has 4 rings (SSSR count). The van der Waals surface area contributed by atoms with E-state index in [0.717, 1.165) is 48.8 Å². The van der Waals surface area contributed by atoms with E-state index >= 15 is 0 Å². The second-order valence-corrected chi connectivity index (χ2v) is 13.0. The lowest BCUT2D eigenvalue weighted by Crippen LogP contribution is -2.48. The molecule has 2 amide bonds. The van der Waals surface area contributed by atoms with E-state index in [4.69, 9.17) is 0 Å². The highest BCUT2D eigenvalue weighted by Crippen LogP contribution is 2.44. The van der Waals surface area contributed by atoms with Crippen LogP contribution in [0.5, 0.6) is 0 Å². The monoisotopic (exact) mass is 540 g/mol. The van der Waals surface area contributed by atoms with E-state index < -0.39 is 6.09 Å². The Balaban J connectivity index is 1.50. The number of hydrogen-bond acceptors (Lipinski definition) is 2. The lowest BCUT2D eigenvalue weighted by Gasteiger charge is -2.46. The number of carbonyl (C=O) groups excluding carboxylic acids is 1. The van der Waals surface area contributed by atoms with Crippen LogP contribution in [-0.4, -0.2) is 34.6 Å². The highest BCUT2D eigenvalue weighted by atomic mass is 16.4. The summed E-state index contributed by atoms with van der Waals surface area (Å²) in [4.78, 5) is 27.2. The molecule has 0 aromatic heterocycles. The van der Waals surface area contributed by atoms with Gasteiger partial charge in [0.05, 0.1) is 6.04 Å². The Morgan fingerprint density at radius 3 is 2.17 bits per heavy atom. The Labute approximate surface area is 239 Å². The van der Waals surface area contributed by atoms with E-state index in [1.54, 1.807) is 4.90 Å². The normalized spacial score (nSPS) is 16.2. The van der Waals surface area contributed by atoms with Crippen molar-refractivity contribution in [3.63, 3.8) is 0 Å². The third-order valence-electron chi connectivity index (χ3n) is 8.25. The first-order valence-corrected chi connectivity index (χ1v) is 14.5. The molecule has 0 radical (unpaired) electrons. The predicted octanol–water partition coefficient (Wildman–Crippen LogP) is 8.36. The molecule has 1 fully saturated rings. The highest BCUT2D eigenvalue weighted by molar-refractivity contribution is 5.95.